The summed E-state index contributed by atoms with van der Waals surface area (Å²) in [6.07, 6.45) is 5.22. The van der Waals surface area contributed by atoms with Crippen LogP contribution in [0.25, 0.3) is 0 Å². The Morgan fingerprint density at radius 3 is 2.60 bits per heavy atom. The molecular formula is C16H24ClN3O4S. The van der Waals surface area contributed by atoms with Gasteiger partial charge in [-0.05, 0) is 37.0 Å². The Kier molecular flexibility index (Phi) is 7.06. The van der Waals surface area contributed by atoms with Crippen LogP contribution in [0.4, 0.5) is 0 Å². The van der Waals surface area contributed by atoms with Gasteiger partial charge in [0.2, 0.25) is 10.0 Å². The van der Waals surface area contributed by atoms with Gasteiger partial charge in [-0.2, -0.15) is 0 Å². The second-order valence-electron chi connectivity index (χ2n) is 6.21. The summed E-state index contributed by atoms with van der Waals surface area (Å²) >= 11 is 5.94. The minimum absolute atomic E-state index is 0.0233. The maximum atomic E-state index is 12.8. The van der Waals surface area contributed by atoms with Crippen LogP contribution < -0.4 is 20.9 Å². The molecule has 1 saturated carbocycles. The Labute approximate surface area is 153 Å². The van der Waals surface area contributed by atoms with E-state index >= 15 is 0 Å². The van der Waals surface area contributed by atoms with E-state index in [0.717, 1.165) is 25.7 Å². The number of primary amides is 1. The third-order valence-corrected chi connectivity index (χ3v) is 6.09. The van der Waals surface area contributed by atoms with Crippen molar-refractivity contribution < 1.29 is 17.9 Å². The molecule has 0 spiro atoms. The van der Waals surface area contributed by atoms with Gasteiger partial charge in [0.25, 0.3) is 5.91 Å². The van der Waals surface area contributed by atoms with Gasteiger partial charge < -0.3 is 16.2 Å². The van der Waals surface area contributed by atoms with E-state index in [0.29, 0.717) is 0 Å². The maximum absolute atomic E-state index is 12.8. The molecule has 1 fully saturated rings. The van der Waals surface area contributed by atoms with Crippen LogP contribution in [-0.4, -0.2) is 33.5 Å². The summed E-state index contributed by atoms with van der Waals surface area (Å²) in [7, 11) is -3.91. The number of ether oxygens (including phenoxy) is 1. The third-order valence-electron chi connectivity index (χ3n) is 4.34. The average molecular weight is 390 g/mol. The standard InChI is InChI=1S/C16H24ClN3O4S/c17-12-6-7-14(24-10-16(19)21)15(8-12)25(22,23)20-13(9-18)11-4-2-1-3-5-11/h6-8,11,13,20H,1-5,9-10,18H2,(H2,19,21). The van der Waals surface area contributed by atoms with Crippen molar-refractivity contribution in [3.8, 4) is 5.75 Å². The van der Waals surface area contributed by atoms with Crippen LogP contribution in [0.3, 0.4) is 0 Å². The molecule has 140 valence electrons. The molecule has 0 saturated heterocycles. The van der Waals surface area contributed by atoms with Gasteiger partial charge in [0.15, 0.2) is 6.61 Å². The molecule has 9 heteroatoms. The van der Waals surface area contributed by atoms with Gasteiger partial charge in [0, 0.05) is 17.6 Å². The number of hydrogen-bond acceptors (Lipinski definition) is 5. The zero-order valence-corrected chi connectivity index (χ0v) is 15.5. The van der Waals surface area contributed by atoms with Crippen molar-refractivity contribution in [2.45, 2.75) is 43.0 Å². The van der Waals surface area contributed by atoms with E-state index in [4.69, 9.17) is 27.8 Å². The predicted octanol–water partition coefficient (Wildman–Crippen LogP) is 1.39. The fourth-order valence-electron chi connectivity index (χ4n) is 3.10. The fourth-order valence-corrected chi connectivity index (χ4v) is 4.82. The van der Waals surface area contributed by atoms with Gasteiger partial charge in [-0.3, -0.25) is 4.79 Å². The van der Waals surface area contributed by atoms with E-state index < -0.39 is 22.5 Å². The van der Waals surface area contributed by atoms with Crippen LogP contribution in [0.15, 0.2) is 23.1 Å². The Balaban J connectivity index is 2.24. The lowest BCUT2D eigenvalue weighted by atomic mass is 9.84. The lowest BCUT2D eigenvalue weighted by Gasteiger charge is -2.30. The highest BCUT2D eigenvalue weighted by Gasteiger charge is 2.29. The summed E-state index contributed by atoms with van der Waals surface area (Å²) < 4.78 is 33.6. The van der Waals surface area contributed by atoms with E-state index in [1.165, 1.54) is 24.6 Å². The van der Waals surface area contributed by atoms with E-state index in [9.17, 15) is 13.2 Å². The third kappa shape index (κ3) is 5.57. The van der Waals surface area contributed by atoms with Gasteiger partial charge >= 0.3 is 0 Å². The minimum Gasteiger partial charge on any atom is -0.482 e. The number of carbonyl (C=O) groups is 1. The molecule has 0 aliphatic heterocycles. The number of rotatable bonds is 8. The van der Waals surface area contributed by atoms with Crippen LogP contribution in [0.2, 0.25) is 5.02 Å². The summed E-state index contributed by atoms with van der Waals surface area (Å²) in [6.45, 7) is -0.213. The number of hydrogen-bond donors (Lipinski definition) is 3. The van der Waals surface area contributed by atoms with Crippen molar-refractivity contribution in [2.24, 2.45) is 17.4 Å². The molecule has 0 heterocycles. The number of amides is 1. The highest BCUT2D eigenvalue weighted by Crippen LogP contribution is 2.30. The van der Waals surface area contributed by atoms with E-state index in [1.54, 1.807) is 0 Å². The van der Waals surface area contributed by atoms with Crippen LogP contribution >= 0.6 is 11.6 Å². The van der Waals surface area contributed by atoms with Crippen molar-refractivity contribution in [1.82, 2.24) is 4.72 Å². The lowest BCUT2D eigenvalue weighted by molar-refractivity contribution is -0.120. The first-order chi connectivity index (χ1) is 11.8. The van der Waals surface area contributed by atoms with Gasteiger partial charge in [-0.25, -0.2) is 13.1 Å². The zero-order valence-electron chi connectivity index (χ0n) is 13.9. The van der Waals surface area contributed by atoms with Crippen LogP contribution in [-0.2, 0) is 14.8 Å². The van der Waals surface area contributed by atoms with Crippen molar-refractivity contribution in [3.05, 3.63) is 23.2 Å². The normalized spacial score (nSPS) is 17.2. The maximum Gasteiger partial charge on any atom is 0.255 e. The molecule has 1 atom stereocenters. The summed E-state index contributed by atoms with van der Waals surface area (Å²) in [5.41, 5.74) is 10.9. The number of nitrogens with one attached hydrogen (secondary N) is 1. The first-order valence-electron chi connectivity index (χ1n) is 8.26. The second kappa shape index (κ2) is 8.84. The molecule has 1 aliphatic carbocycles. The number of nitrogens with two attached hydrogens (primary N) is 2. The SMILES string of the molecule is NCC(NS(=O)(=O)c1cc(Cl)ccc1OCC(N)=O)C1CCCCC1. The first kappa shape index (κ1) is 20.0. The van der Waals surface area contributed by atoms with Gasteiger partial charge in [0.05, 0.1) is 0 Å². The molecule has 0 radical (unpaired) electrons. The van der Waals surface area contributed by atoms with Crippen molar-refractivity contribution in [1.29, 1.82) is 0 Å². The van der Waals surface area contributed by atoms with Crippen LogP contribution in [0.5, 0.6) is 5.75 Å². The highest BCUT2D eigenvalue weighted by atomic mass is 35.5. The molecule has 0 bridgehead atoms. The molecule has 1 aromatic carbocycles. The molecule has 1 aromatic rings. The Morgan fingerprint density at radius 1 is 1.32 bits per heavy atom. The summed E-state index contributed by atoms with van der Waals surface area (Å²) in [4.78, 5) is 10.8. The number of halogens is 1. The number of benzene rings is 1. The molecule has 1 aliphatic rings. The summed E-state index contributed by atoms with van der Waals surface area (Å²) in [5, 5.41) is 0.244. The Hall–Kier alpha value is -1.35. The molecule has 5 N–H and O–H groups in total. The Bertz CT molecular complexity index is 705. The first-order valence-corrected chi connectivity index (χ1v) is 10.1. The molecule has 0 aromatic heterocycles. The van der Waals surface area contributed by atoms with Gasteiger partial charge in [-0.1, -0.05) is 30.9 Å². The van der Waals surface area contributed by atoms with Crippen LogP contribution in [0, 0.1) is 5.92 Å². The summed E-state index contributed by atoms with van der Waals surface area (Å²) in [6, 6.07) is 3.82. The van der Waals surface area contributed by atoms with Gasteiger partial charge in [-0.15, -0.1) is 0 Å². The highest BCUT2D eigenvalue weighted by molar-refractivity contribution is 7.89. The van der Waals surface area contributed by atoms with E-state index in [1.807, 2.05) is 0 Å². The van der Waals surface area contributed by atoms with E-state index in [-0.39, 0.29) is 34.2 Å². The topological polar surface area (TPSA) is 125 Å². The molecule has 25 heavy (non-hydrogen) atoms. The second-order valence-corrected chi connectivity index (χ2v) is 8.33. The van der Waals surface area contributed by atoms with Crippen molar-refractivity contribution >= 4 is 27.5 Å². The molecule has 1 unspecified atom stereocenters. The monoisotopic (exact) mass is 389 g/mol. The number of carbonyl (C=O) groups excluding carboxylic acids is 1. The fraction of sp³-hybridized carbons (Fsp3) is 0.562. The molecular weight excluding hydrogens is 366 g/mol. The molecule has 2 rings (SSSR count). The smallest absolute Gasteiger partial charge is 0.255 e. The predicted molar refractivity (Wildman–Crippen MR) is 95.9 cm³/mol. The average Bonchev–Trinajstić information content (AvgIpc) is 2.59. The lowest BCUT2D eigenvalue weighted by Crippen LogP contribution is -2.45. The van der Waals surface area contributed by atoms with Crippen LogP contribution in [0.1, 0.15) is 32.1 Å². The minimum atomic E-state index is -3.91. The zero-order chi connectivity index (χ0) is 18.4. The van der Waals surface area contributed by atoms with Gasteiger partial charge in [0.1, 0.15) is 10.6 Å². The van der Waals surface area contributed by atoms with Crippen molar-refractivity contribution in [3.63, 3.8) is 0 Å². The van der Waals surface area contributed by atoms with Crippen molar-refractivity contribution in [2.75, 3.05) is 13.2 Å². The quantitative estimate of drug-likeness (QED) is 0.619. The number of sulfonamides is 1. The Morgan fingerprint density at radius 2 is 2.00 bits per heavy atom. The molecule has 1 amide bonds. The summed E-state index contributed by atoms with van der Waals surface area (Å²) in [5.74, 6) is -0.467. The van der Waals surface area contributed by atoms with E-state index in [2.05, 4.69) is 4.72 Å². The largest absolute Gasteiger partial charge is 0.482 e. The molecule has 7 nitrogen and oxygen atoms in total.